The van der Waals surface area contributed by atoms with Crippen LogP contribution in [-0.2, 0) is 7.05 Å². The minimum atomic E-state index is -3.01. The van der Waals surface area contributed by atoms with Crippen molar-refractivity contribution < 1.29 is 18.3 Å². The Balaban J connectivity index is 1.73. The van der Waals surface area contributed by atoms with E-state index in [4.69, 9.17) is 0 Å². The number of aromatic nitrogens is 4. The molecule has 0 amide bonds. The number of carbonyl (C=O) groups excluding carboxylic acids is 1. The van der Waals surface area contributed by atoms with Crippen molar-refractivity contribution in [2.75, 3.05) is 11.6 Å². The van der Waals surface area contributed by atoms with Gasteiger partial charge in [-0.1, -0.05) is 12.1 Å². The van der Waals surface area contributed by atoms with E-state index in [0.717, 1.165) is 27.9 Å². The maximum Gasteiger partial charge on any atom is 0.387 e. The minimum absolute atomic E-state index is 0.0118. The van der Waals surface area contributed by atoms with Gasteiger partial charge >= 0.3 is 6.61 Å². The molecule has 0 N–H and O–H groups in total. The third-order valence-corrected chi connectivity index (χ3v) is 5.90. The van der Waals surface area contributed by atoms with E-state index in [1.54, 1.807) is 36.1 Å². The Bertz CT molecular complexity index is 1510. The van der Waals surface area contributed by atoms with E-state index in [9.17, 15) is 23.3 Å². The highest BCUT2D eigenvalue weighted by Gasteiger charge is 2.30. The van der Waals surface area contributed by atoms with Gasteiger partial charge in [0.15, 0.2) is 6.29 Å². The second-order valence-corrected chi connectivity index (χ2v) is 8.50. The number of carbonyl (C=O) groups is 1. The first-order chi connectivity index (χ1) is 17.4. The molecule has 4 aromatic rings. The number of benzene rings is 2. The molecule has 5 rings (SSSR count). The lowest BCUT2D eigenvalue weighted by molar-refractivity contribution is -0.0498. The molecule has 1 aliphatic rings. The predicted octanol–water partition coefficient (Wildman–Crippen LogP) is 4.10. The van der Waals surface area contributed by atoms with Gasteiger partial charge in [0.25, 0.3) is 5.56 Å². The van der Waals surface area contributed by atoms with E-state index in [1.165, 1.54) is 24.3 Å². The number of nitroso groups, excluding NO2 is 1. The molecule has 10 nitrogen and oxygen atoms in total. The lowest BCUT2D eigenvalue weighted by atomic mass is 10.0. The zero-order chi connectivity index (χ0) is 25.4. The molecular formula is C24H20F2N6O4. The van der Waals surface area contributed by atoms with Crippen LogP contribution in [0.2, 0.25) is 0 Å². The lowest BCUT2D eigenvalue weighted by Gasteiger charge is -2.21. The monoisotopic (exact) mass is 494 g/mol. The first kappa shape index (κ1) is 23.3. The Hall–Kier alpha value is -4.48. The molecule has 0 spiro atoms. The lowest BCUT2D eigenvalue weighted by Crippen LogP contribution is -2.30. The molecule has 0 radical (unpaired) electrons. The van der Waals surface area contributed by atoms with Crippen LogP contribution in [0.3, 0.4) is 0 Å². The molecule has 0 unspecified atom stereocenters. The van der Waals surface area contributed by atoms with Gasteiger partial charge in [-0.3, -0.25) is 14.3 Å². The van der Waals surface area contributed by atoms with E-state index >= 15 is 0 Å². The van der Waals surface area contributed by atoms with Crippen molar-refractivity contribution in [3.63, 3.8) is 0 Å². The van der Waals surface area contributed by atoms with Crippen molar-refractivity contribution in [1.29, 1.82) is 0 Å². The minimum Gasteiger partial charge on any atom is -0.435 e. The van der Waals surface area contributed by atoms with Crippen molar-refractivity contribution >= 4 is 22.9 Å². The fraction of sp³-hybridized carbons (Fsp3) is 0.250. The SMILES string of the molecule is Cn1cc2cc(-n3nc(C=O)c(N(CC4CC4)N=O)c(-c4ccc(OC(F)F)cc4)c3=O)ccc2n1. The van der Waals surface area contributed by atoms with Crippen LogP contribution in [0.1, 0.15) is 23.3 Å². The highest BCUT2D eigenvalue weighted by molar-refractivity contribution is 5.91. The van der Waals surface area contributed by atoms with Crippen LogP contribution in [0.15, 0.2) is 58.7 Å². The molecule has 12 heteroatoms. The first-order valence-electron chi connectivity index (χ1n) is 11.1. The van der Waals surface area contributed by atoms with Crippen LogP contribution in [0.4, 0.5) is 14.5 Å². The Morgan fingerprint density at radius 3 is 2.58 bits per heavy atom. The zero-order valence-corrected chi connectivity index (χ0v) is 19.0. The van der Waals surface area contributed by atoms with Crippen molar-refractivity contribution in [2.45, 2.75) is 19.5 Å². The number of alkyl halides is 2. The number of ether oxygens (including phenoxy) is 1. The molecule has 1 saturated carbocycles. The van der Waals surface area contributed by atoms with E-state index in [1.807, 2.05) is 0 Å². The smallest absolute Gasteiger partial charge is 0.387 e. The molecule has 0 aliphatic heterocycles. The van der Waals surface area contributed by atoms with Gasteiger partial charge in [0.05, 0.1) is 22.1 Å². The largest absolute Gasteiger partial charge is 0.435 e. The van der Waals surface area contributed by atoms with Crippen molar-refractivity contribution in [1.82, 2.24) is 19.6 Å². The number of fused-ring (bicyclic) bond motifs is 1. The summed E-state index contributed by atoms with van der Waals surface area (Å²) in [7, 11) is 1.77. The van der Waals surface area contributed by atoms with Crippen molar-refractivity contribution in [3.8, 4) is 22.6 Å². The molecule has 2 aromatic carbocycles. The summed E-state index contributed by atoms with van der Waals surface area (Å²) in [6.45, 7) is -2.79. The van der Waals surface area contributed by atoms with Crippen LogP contribution < -0.4 is 15.3 Å². The van der Waals surface area contributed by atoms with Gasteiger partial charge in [-0.25, -0.2) is 5.01 Å². The molecular weight excluding hydrogens is 474 g/mol. The van der Waals surface area contributed by atoms with Gasteiger partial charge in [0, 0.05) is 25.2 Å². The van der Waals surface area contributed by atoms with E-state index in [0.29, 0.717) is 17.5 Å². The normalized spacial score (nSPS) is 13.2. The van der Waals surface area contributed by atoms with Crippen LogP contribution in [0.5, 0.6) is 5.75 Å². The van der Waals surface area contributed by atoms with Crippen molar-refractivity contribution in [3.05, 3.63) is 69.6 Å². The standard InChI is InChI=1S/C24H20F2N6O4/c1-30-12-16-10-17(6-9-19(16)27-30)32-23(34)21(15-4-7-18(8-5-15)36-24(25)26)22(20(13-33)28-32)31(29-35)11-14-2-3-14/h4-10,12-14,24H,2-3,11H2,1H3. The van der Waals surface area contributed by atoms with Gasteiger partial charge in [0.1, 0.15) is 17.1 Å². The highest BCUT2D eigenvalue weighted by Crippen LogP contribution is 2.36. The zero-order valence-electron chi connectivity index (χ0n) is 19.0. The molecule has 1 aliphatic carbocycles. The number of halogens is 2. The summed E-state index contributed by atoms with van der Waals surface area (Å²) in [6, 6.07) is 10.4. The Morgan fingerprint density at radius 1 is 1.19 bits per heavy atom. The van der Waals surface area contributed by atoms with Gasteiger partial charge < -0.3 is 4.74 Å². The summed E-state index contributed by atoms with van der Waals surface area (Å²) in [4.78, 5) is 37.8. The third-order valence-electron chi connectivity index (χ3n) is 5.90. The fourth-order valence-corrected chi connectivity index (χ4v) is 4.09. The van der Waals surface area contributed by atoms with Gasteiger partial charge in [-0.2, -0.15) is 23.7 Å². The summed E-state index contributed by atoms with van der Waals surface area (Å²) in [5.74, 6) is 0.0953. The molecule has 0 atom stereocenters. The maximum atomic E-state index is 13.8. The Kier molecular flexibility index (Phi) is 6.00. The second-order valence-electron chi connectivity index (χ2n) is 8.50. The maximum absolute atomic E-state index is 13.8. The summed E-state index contributed by atoms with van der Waals surface area (Å²) in [6.07, 6.45) is 4.02. The molecule has 1 fully saturated rings. The van der Waals surface area contributed by atoms with Gasteiger partial charge in [-0.15, -0.1) is 4.91 Å². The van der Waals surface area contributed by atoms with Gasteiger partial charge in [-0.05, 0) is 54.7 Å². The number of aryl methyl sites for hydroxylation is 1. The molecule has 2 heterocycles. The van der Waals surface area contributed by atoms with Crippen LogP contribution in [0.25, 0.3) is 27.7 Å². The predicted molar refractivity (Wildman–Crippen MR) is 127 cm³/mol. The highest BCUT2D eigenvalue weighted by atomic mass is 19.3. The molecule has 2 aromatic heterocycles. The topological polar surface area (TPSA) is 112 Å². The number of nitrogens with zero attached hydrogens (tertiary/aromatic N) is 6. The first-order valence-corrected chi connectivity index (χ1v) is 11.1. The molecule has 0 saturated heterocycles. The average Bonchev–Trinajstić information content (AvgIpc) is 3.60. The van der Waals surface area contributed by atoms with E-state index in [-0.39, 0.29) is 40.7 Å². The van der Waals surface area contributed by atoms with E-state index < -0.39 is 12.2 Å². The Labute approximate surface area is 202 Å². The molecule has 184 valence electrons. The van der Waals surface area contributed by atoms with Crippen LogP contribution in [-0.4, -0.2) is 39.0 Å². The third kappa shape index (κ3) is 4.44. The number of rotatable bonds is 9. The summed E-state index contributed by atoms with van der Waals surface area (Å²) in [5, 5.41) is 13.5. The van der Waals surface area contributed by atoms with Crippen LogP contribution in [0, 0.1) is 10.8 Å². The average molecular weight is 494 g/mol. The Morgan fingerprint density at radius 2 is 1.94 bits per heavy atom. The number of anilines is 1. The second kappa shape index (κ2) is 9.29. The van der Waals surface area contributed by atoms with Crippen LogP contribution >= 0.6 is 0 Å². The summed E-state index contributed by atoms with van der Waals surface area (Å²) >= 11 is 0. The van der Waals surface area contributed by atoms with Gasteiger partial charge in [0.2, 0.25) is 0 Å². The number of aldehydes is 1. The molecule has 0 bridgehead atoms. The number of hydrogen-bond acceptors (Lipinski definition) is 7. The fourth-order valence-electron chi connectivity index (χ4n) is 4.09. The number of hydrogen-bond donors (Lipinski definition) is 0. The molecule has 36 heavy (non-hydrogen) atoms. The summed E-state index contributed by atoms with van der Waals surface area (Å²) in [5.41, 5.74) is 0.539. The summed E-state index contributed by atoms with van der Waals surface area (Å²) < 4.78 is 32.3. The quantitative estimate of drug-likeness (QED) is 0.196. The van der Waals surface area contributed by atoms with Crippen molar-refractivity contribution in [2.24, 2.45) is 18.3 Å². The van der Waals surface area contributed by atoms with E-state index in [2.05, 4.69) is 20.2 Å².